The molecule has 1 N–H and O–H groups in total. The van der Waals surface area contributed by atoms with Gasteiger partial charge in [-0.05, 0) is 36.2 Å². The molecule has 0 unspecified atom stereocenters. The van der Waals surface area contributed by atoms with E-state index < -0.39 is 10.0 Å². The molecule has 1 amide bonds. The van der Waals surface area contributed by atoms with Gasteiger partial charge in [-0.25, -0.2) is 8.42 Å². The van der Waals surface area contributed by atoms with Crippen LogP contribution in [0.2, 0.25) is 0 Å². The summed E-state index contributed by atoms with van der Waals surface area (Å²) in [6.45, 7) is 6.52. The van der Waals surface area contributed by atoms with Crippen LogP contribution in [0.3, 0.4) is 0 Å². The van der Waals surface area contributed by atoms with Crippen LogP contribution in [0.1, 0.15) is 55.6 Å². The number of rotatable bonds is 9. The lowest BCUT2D eigenvalue weighted by molar-refractivity contribution is 0.0934. The van der Waals surface area contributed by atoms with Crippen molar-refractivity contribution in [1.82, 2.24) is 9.62 Å². The van der Waals surface area contributed by atoms with Crippen molar-refractivity contribution in [3.8, 4) is 0 Å². The fourth-order valence-electron chi connectivity index (χ4n) is 3.03. The number of carbonyl (C=O) groups excluding carboxylic acids is 1. The Bertz CT molecular complexity index is 829. The highest BCUT2D eigenvalue weighted by Crippen LogP contribution is 2.20. The molecule has 0 fully saturated rings. The fourth-order valence-corrected chi connectivity index (χ4v) is 4.49. The zero-order chi connectivity index (χ0) is 19.9. The molecule has 146 valence electrons. The molecule has 0 radical (unpaired) electrons. The van der Waals surface area contributed by atoms with Crippen LogP contribution in [0.25, 0.3) is 0 Å². The van der Waals surface area contributed by atoms with Crippen molar-refractivity contribution in [2.75, 3.05) is 13.1 Å². The Morgan fingerprint density at radius 1 is 0.963 bits per heavy atom. The van der Waals surface area contributed by atoms with Crippen molar-refractivity contribution in [2.45, 2.75) is 44.6 Å². The number of hydrogen-bond donors (Lipinski definition) is 1. The van der Waals surface area contributed by atoms with Gasteiger partial charge in [-0.1, -0.05) is 57.5 Å². The highest BCUT2D eigenvalue weighted by molar-refractivity contribution is 7.89. The molecule has 27 heavy (non-hydrogen) atoms. The lowest BCUT2D eigenvalue weighted by atomic mass is 10.0. The van der Waals surface area contributed by atoms with E-state index in [1.165, 1.54) is 16.4 Å². The molecule has 0 saturated heterocycles. The van der Waals surface area contributed by atoms with Gasteiger partial charge in [0.15, 0.2) is 0 Å². The Hall–Kier alpha value is -2.18. The Balaban J connectivity index is 2.17. The molecule has 0 heterocycles. The maximum atomic E-state index is 12.6. The lowest BCUT2D eigenvalue weighted by Gasteiger charge is -2.20. The average molecular weight is 389 g/mol. The number of nitrogens with one attached hydrogen (secondary N) is 1. The Morgan fingerprint density at radius 3 is 2.07 bits per heavy atom. The number of benzene rings is 2. The molecule has 6 heteroatoms. The summed E-state index contributed by atoms with van der Waals surface area (Å²) in [4.78, 5) is 12.8. The van der Waals surface area contributed by atoms with Crippen molar-refractivity contribution in [3.05, 3.63) is 65.7 Å². The van der Waals surface area contributed by atoms with Crippen LogP contribution in [-0.4, -0.2) is 31.7 Å². The summed E-state index contributed by atoms with van der Waals surface area (Å²) in [7, 11) is -3.52. The molecule has 2 aromatic rings. The van der Waals surface area contributed by atoms with Crippen LogP contribution in [0.4, 0.5) is 0 Å². The first-order valence-electron chi connectivity index (χ1n) is 9.40. The standard InChI is InChI=1S/C21H28N2O3S/c1-4-10-20(17-11-8-7-9-12-17)22-21(24)18-13-15-19(16-14-18)27(25,26)23(5-2)6-3/h7-9,11-16,20H,4-6,10H2,1-3H3,(H,22,24)/t20-/m0/s1. The quantitative estimate of drug-likeness (QED) is 0.706. The molecule has 0 bridgehead atoms. The molecule has 0 aliphatic carbocycles. The van der Waals surface area contributed by atoms with Crippen LogP contribution in [0.5, 0.6) is 0 Å². The molecule has 0 aromatic heterocycles. The number of amides is 1. The topological polar surface area (TPSA) is 66.5 Å². The average Bonchev–Trinajstić information content (AvgIpc) is 2.69. The molecule has 1 atom stereocenters. The van der Waals surface area contributed by atoms with Gasteiger partial charge in [0.25, 0.3) is 5.91 Å². The number of carbonyl (C=O) groups is 1. The smallest absolute Gasteiger partial charge is 0.251 e. The van der Waals surface area contributed by atoms with E-state index >= 15 is 0 Å². The molecule has 0 spiro atoms. The second-order valence-electron chi connectivity index (χ2n) is 6.34. The van der Waals surface area contributed by atoms with E-state index in [1.54, 1.807) is 26.0 Å². The first-order chi connectivity index (χ1) is 12.9. The van der Waals surface area contributed by atoms with Crippen LogP contribution in [-0.2, 0) is 10.0 Å². The molecular formula is C21H28N2O3S. The first kappa shape index (κ1) is 21.1. The van der Waals surface area contributed by atoms with Gasteiger partial charge in [-0.3, -0.25) is 4.79 Å². The third-order valence-electron chi connectivity index (χ3n) is 4.54. The van der Waals surface area contributed by atoms with Gasteiger partial charge in [0, 0.05) is 18.7 Å². The van der Waals surface area contributed by atoms with Gasteiger partial charge in [-0.2, -0.15) is 4.31 Å². The second kappa shape index (κ2) is 9.67. The van der Waals surface area contributed by atoms with Crippen molar-refractivity contribution < 1.29 is 13.2 Å². The Morgan fingerprint density at radius 2 is 1.56 bits per heavy atom. The van der Waals surface area contributed by atoms with Gasteiger partial charge in [0.1, 0.15) is 0 Å². The molecule has 0 saturated carbocycles. The van der Waals surface area contributed by atoms with E-state index in [0.717, 1.165) is 18.4 Å². The van der Waals surface area contributed by atoms with Crippen LogP contribution < -0.4 is 5.32 Å². The molecular weight excluding hydrogens is 360 g/mol. The summed E-state index contributed by atoms with van der Waals surface area (Å²) in [5.41, 5.74) is 1.51. The van der Waals surface area contributed by atoms with Crippen molar-refractivity contribution in [3.63, 3.8) is 0 Å². The summed E-state index contributed by atoms with van der Waals surface area (Å²) in [6.07, 6.45) is 1.78. The highest BCUT2D eigenvalue weighted by atomic mass is 32.2. The maximum absolute atomic E-state index is 12.6. The van der Waals surface area contributed by atoms with Crippen molar-refractivity contribution >= 4 is 15.9 Å². The third-order valence-corrected chi connectivity index (χ3v) is 6.61. The molecule has 0 aliphatic heterocycles. The minimum atomic E-state index is -3.52. The Labute approximate surface area is 162 Å². The van der Waals surface area contributed by atoms with Crippen LogP contribution in [0.15, 0.2) is 59.5 Å². The summed E-state index contributed by atoms with van der Waals surface area (Å²) in [5.74, 6) is -0.205. The molecule has 2 aromatic carbocycles. The first-order valence-corrected chi connectivity index (χ1v) is 10.8. The zero-order valence-corrected chi connectivity index (χ0v) is 17.0. The number of sulfonamides is 1. The SMILES string of the molecule is CCC[C@H](NC(=O)c1ccc(S(=O)(=O)N(CC)CC)cc1)c1ccccc1. The third kappa shape index (κ3) is 5.17. The summed E-state index contributed by atoms with van der Waals surface area (Å²) < 4.78 is 26.5. The highest BCUT2D eigenvalue weighted by Gasteiger charge is 2.22. The predicted molar refractivity (Wildman–Crippen MR) is 108 cm³/mol. The Kier molecular flexibility index (Phi) is 7.56. The van der Waals surface area contributed by atoms with Crippen molar-refractivity contribution in [2.24, 2.45) is 0 Å². The summed E-state index contributed by atoms with van der Waals surface area (Å²) in [5, 5.41) is 3.06. The van der Waals surface area contributed by atoms with Gasteiger partial charge in [0.2, 0.25) is 10.0 Å². The van der Waals surface area contributed by atoms with E-state index in [0.29, 0.717) is 18.7 Å². The molecule has 2 rings (SSSR count). The van der Waals surface area contributed by atoms with Crippen molar-refractivity contribution in [1.29, 1.82) is 0 Å². The fraction of sp³-hybridized carbons (Fsp3) is 0.381. The van der Waals surface area contributed by atoms with Gasteiger partial charge < -0.3 is 5.32 Å². The number of nitrogens with zero attached hydrogens (tertiary/aromatic N) is 1. The predicted octanol–water partition coefficient (Wildman–Crippen LogP) is 3.99. The largest absolute Gasteiger partial charge is 0.345 e. The van der Waals surface area contributed by atoms with Gasteiger partial charge >= 0.3 is 0 Å². The second-order valence-corrected chi connectivity index (χ2v) is 8.28. The number of hydrogen-bond acceptors (Lipinski definition) is 3. The van der Waals surface area contributed by atoms with Gasteiger partial charge in [0.05, 0.1) is 10.9 Å². The van der Waals surface area contributed by atoms with E-state index in [9.17, 15) is 13.2 Å². The minimum Gasteiger partial charge on any atom is -0.345 e. The van der Waals surface area contributed by atoms with Crippen LogP contribution >= 0.6 is 0 Å². The normalized spacial score (nSPS) is 12.7. The van der Waals surface area contributed by atoms with E-state index in [4.69, 9.17) is 0 Å². The van der Waals surface area contributed by atoms with Crippen LogP contribution in [0, 0.1) is 0 Å². The summed E-state index contributed by atoms with van der Waals surface area (Å²) >= 11 is 0. The summed E-state index contributed by atoms with van der Waals surface area (Å²) in [6, 6.07) is 15.9. The van der Waals surface area contributed by atoms with E-state index in [2.05, 4.69) is 12.2 Å². The van der Waals surface area contributed by atoms with E-state index in [1.807, 2.05) is 30.3 Å². The van der Waals surface area contributed by atoms with Gasteiger partial charge in [-0.15, -0.1) is 0 Å². The molecule has 5 nitrogen and oxygen atoms in total. The van der Waals surface area contributed by atoms with E-state index in [-0.39, 0.29) is 16.8 Å². The lowest BCUT2D eigenvalue weighted by Crippen LogP contribution is -2.31. The maximum Gasteiger partial charge on any atom is 0.251 e. The minimum absolute atomic E-state index is 0.0669. The molecule has 0 aliphatic rings. The zero-order valence-electron chi connectivity index (χ0n) is 16.2. The monoisotopic (exact) mass is 388 g/mol.